The fraction of sp³-hybridized carbons (Fsp3) is 0.375. The fourth-order valence-electron chi connectivity index (χ4n) is 4.09. The second kappa shape index (κ2) is 9.63. The molecule has 0 radical (unpaired) electrons. The van der Waals surface area contributed by atoms with Gasteiger partial charge in [0.2, 0.25) is 5.91 Å². The van der Waals surface area contributed by atoms with Crippen LogP contribution in [0.5, 0.6) is 5.75 Å². The first kappa shape index (κ1) is 20.9. The van der Waals surface area contributed by atoms with Crippen molar-refractivity contribution in [3.05, 3.63) is 59.7 Å². The molecule has 0 atom stereocenters. The number of benzene rings is 2. The van der Waals surface area contributed by atoms with Crippen LogP contribution in [0.1, 0.15) is 24.0 Å². The van der Waals surface area contributed by atoms with E-state index in [2.05, 4.69) is 11.0 Å². The molecule has 2 heterocycles. The zero-order chi connectivity index (χ0) is 21.6. The molecular weight excluding hydrogens is 392 g/mol. The molecule has 31 heavy (non-hydrogen) atoms. The average Bonchev–Trinajstić information content (AvgIpc) is 3.04. The second-order valence-electron chi connectivity index (χ2n) is 7.87. The van der Waals surface area contributed by atoms with Gasteiger partial charge in [0.1, 0.15) is 5.75 Å². The van der Waals surface area contributed by atoms with Crippen LogP contribution in [0, 0.1) is 11.3 Å². The molecule has 0 aliphatic carbocycles. The Hall–Kier alpha value is -3.37. The number of amides is 2. The number of rotatable bonds is 5. The lowest BCUT2D eigenvalue weighted by Gasteiger charge is -2.30. The Kier molecular flexibility index (Phi) is 6.48. The first-order valence-electron chi connectivity index (χ1n) is 10.7. The van der Waals surface area contributed by atoms with Gasteiger partial charge in [0, 0.05) is 45.7 Å². The van der Waals surface area contributed by atoms with Crippen molar-refractivity contribution in [3.63, 3.8) is 0 Å². The number of fused-ring (bicyclic) bond motifs is 1. The molecule has 2 aliphatic heterocycles. The van der Waals surface area contributed by atoms with E-state index in [1.54, 1.807) is 4.90 Å². The lowest BCUT2D eigenvalue weighted by molar-refractivity contribution is -0.131. The van der Waals surface area contributed by atoms with E-state index in [1.807, 2.05) is 53.4 Å². The van der Waals surface area contributed by atoms with Crippen molar-refractivity contribution in [3.8, 4) is 11.8 Å². The minimum Gasteiger partial charge on any atom is -0.482 e. The topological polar surface area (TPSA) is 76.9 Å². The number of nitriles is 1. The molecule has 7 nitrogen and oxygen atoms in total. The number of para-hydroxylation sites is 2. The SMILES string of the molecule is N#Cc1ccc(CN2CCCN(C(=O)CCN3C(=O)COc4ccccc43)CC2)cc1. The predicted octanol–water partition coefficient (Wildman–Crippen LogP) is 2.41. The number of carbonyl (C=O) groups is 2. The maximum Gasteiger partial charge on any atom is 0.265 e. The molecule has 2 aromatic rings. The molecule has 1 saturated heterocycles. The lowest BCUT2D eigenvalue weighted by Crippen LogP contribution is -2.42. The van der Waals surface area contributed by atoms with Crippen molar-refractivity contribution in [2.45, 2.75) is 19.4 Å². The number of hydrogen-bond acceptors (Lipinski definition) is 5. The van der Waals surface area contributed by atoms with Crippen LogP contribution in [-0.4, -0.2) is 60.9 Å². The van der Waals surface area contributed by atoms with E-state index in [9.17, 15) is 9.59 Å². The monoisotopic (exact) mass is 418 g/mol. The van der Waals surface area contributed by atoms with Crippen molar-refractivity contribution < 1.29 is 14.3 Å². The Morgan fingerprint density at radius 3 is 2.65 bits per heavy atom. The lowest BCUT2D eigenvalue weighted by atomic mass is 10.1. The molecule has 0 spiro atoms. The molecule has 7 heteroatoms. The van der Waals surface area contributed by atoms with Gasteiger partial charge in [0.15, 0.2) is 6.61 Å². The van der Waals surface area contributed by atoms with Gasteiger partial charge in [-0.05, 0) is 36.2 Å². The standard InChI is InChI=1S/C24H26N4O3/c25-16-19-6-8-20(9-7-19)17-26-11-3-12-27(15-14-26)23(29)10-13-28-21-4-1-2-5-22(21)31-18-24(28)30/h1-2,4-9H,3,10-15,17-18H2. The summed E-state index contributed by atoms with van der Waals surface area (Å²) in [5.41, 5.74) is 2.57. The van der Waals surface area contributed by atoms with Gasteiger partial charge in [-0.15, -0.1) is 0 Å². The van der Waals surface area contributed by atoms with Gasteiger partial charge in [-0.25, -0.2) is 0 Å². The predicted molar refractivity (Wildman–Crippen MR) is 117 cm³/mol. The highest BCUT2D eigenvalue weighted by molar-refractivity contribution is 5.98. The summed E-state index contributed by atoms with van der Waals surface area (Å²) in [7, 11) is 0. The van der Waals surface area contributed by atoms with E-state index in [4.69, 9.17) is 10.00 Å². The summed E-state index contributed by atoms with van der Waals surface area (Å²) in [4.78, 5) is 31.1. The highest BCUT2D eigenvalue weighted by Crippen LogP contribution is 2.31. The summed E-state index contributed by atoms with van der Waals surface area (Å²) in [6.45, 7) is 4.35. The Balaban J connectivity index is 1.30. The van der Waals surface area contributed by atoms with Crippen molar-refractivity contribution in [2.24, 2.45) is 0 Å². The Bertz CT molecular complexity index is 983. The zero-order valence-corrected chi connectivity index (χ0v) is 17.5. The van der Waals surface area contributed by atoms with Crippen molar-refractivity contribution >= 4 is 17.5 Å². The maximum atomic E-state index is 12.9. The van der Waals surface area contributed by atoms with Crippen LogP contribution in [0.2, 0.25) is 0 Å². The van der Waals surface area contributed by atoms with Crippen LogP contribution in [0.25, 0.3) is 0 Å². The number of carbonyl (C=O) groups excluding carboxylic acids is 2. The van der Waals surface area contributed by atoms with Gasteiger partial charge in [0.25, 0.3) is 5.91 Å². The second-order valence-corrected chi connectivity index (χ2v) is 7.87. The van der Waals surface area contributed by atoms with Crippen LogP contribution >= 0.6 is 0 Å². The summed E-state index contributed by atoms with van der Waals surface area (Å²) in [6, 6.07) is 17.2. The molecule has 0 bridgehead atoms. The molecular formula is C24H26N4O3. The summed E-state index contributed by atoms with van der Waals surface area (Å²) in [5.74, 6) is 0.649. The van der Waals surface area contributed by atoms with E-state index in [0.29, 0.717) is 30.8 Å². The highest BCUT2D eigenvalue weighted by atomic mass is 16.5. The van der Waals surface area contributed by atoms with E-state index < -0.39 is 0 Å². The summed E-state index contributed by atoms with van der Waals surface area (Å²) in [5, 5.41) is 8.93. The van der Waals surface area contributed by atoms with Gasteiger partial charge < -0.3 is 14.5 Å². The fourth-order valence-corrected chi connectivity index (χ4v) is 4.09. The van der Waals surface area contributed by atoms with Gasteiger partial charge in [-0.1, -0.05) is 24.3 Å². The molecule has 2 aliphatic rings. The molecule has 0 N–H and O–H groups in total. The molecule has 4 rings (SSSR count). The molecule has 1 fully saturated rings. The van der Waals surface area contributed by atoms with E-state index >= 15 is 0 Å². The maximum absolute atomic E-state index is 12.9. The van der Waals surface area contributed by atoms with E-state index in [0.717, 1.165) is 38.3 Å². The van der Waals surface area contributed by atoms with Crippen LogP contribution in [0.4, 0.5) is 5.69 Å². The Labute approximate surface area is 182 Å². The van der Waals surface area contributed by atoms with Gasteiger partial charge in [-0.3, -0.25) is 14.5 Å². The third-order valence-corrected chi connectivity index (χ3v) is 5.79. The summed E-state index contributed by atoms with van der Waals surface area (Å²) >= 11 is 0. The van der Waals surface area contributed by atoms with Gasteiger partial charge in [0.05, 0.1) is 17.3 Å². The van der Waals surface area contributed by atoms with Crippen molar-refractivity contribution in [1.82, 2.24) is 9.80 Å². The first-order valence-corrected chi connectivity index (χ1v) is 10.7. The highest BCUT2D eigenvalue weighted by Gasteiger charge is 2.26. The number of anilines is 1. The normalized spacial score (nSPS) is 16.8. The molecule has 0 unspecified atom stereocenters. The van der Waals surface area contributed by atoms with Crippen molar-refractivity contribution in [1.29, 1.82) is 5.26 Å². The van der Waals surface area contributed by atoms with Gasteiger partial charge in [-0.2, -0.15) is 5.26 Å². The zero-order valence-electron chi connectivity index (χ0n) is 17.5. The van der Waals surface area contributed by atoms with Gasteiger partial charge >= 0.3 is 0 Å². The minimum absolute atomic E-state index is 0.0131. The van der Waals surface area contributed by atoms with Crippen LogP contribution < -0.4 is 9.64 Å². The number of hydrogen-bond donors (Lipinski definition) is 0. The van der Waals surface area contributed by atoms with Crippen LogP contribution in [-0.2, 0) is 16.1 Å². The third kappa shape index (κ3) is 5.04. The van der Waals surface area contributed by atoms with Crippen LogP contribution in [0.3, 0.4) is 0 Å². The first-order chi connectivity index (χ1) is 15.1. The average molecular weight is 418 g/mol. The largest absolute Gasteiger partial charge is 0.482 e. The molecule has 0 aromatic heterocycles. The quantitative estimate of drug-likeness (QED) is 0.745. The van der Waals surface area contributed by atoms with E-state index in [1.165, 1.54) is 5.56 Å². The molecule has 2 amide bonds. The molecule has 2 aromatic carbocycles. The summed E-state index contributed by atoms with van der Waals surface area (Å²) < 4.78 is 5.47. The molecule has 160 valence electrons. The molecule has 0 saturated carbocycles. The van der Waals surface area contributed by atoms with Crippen LogP contribution in [0.15, 0.2) is 48.5 Å². The number of ether oxygens (including phenoxy) is 1. The Morgan fingerprint density at radius 1 is 1.03 bits per heavy atom. The van der Waals surface area contributed by atoms with E-state index in [-0.39, 0.29) is 18.4 Å². The minimum atomic E-state index is -0.115. The number of nitrogens with zero attached hydrogens (tertiary/aromatic N) is 4. The third-order valence-electron chi connectivity index (χ3n) is 5.79. The van der Waals surface area contributed by atoms with Crippen molar-refractivity contribution in [2.75, 3.05) is 44.2 Å². The smallest absolute Gasteiger partial charge is 0.265 e. The Morgan fingerprint density at radius 2 is 1.84 bits per heavy atom. The summed E-state index contributed by atoms with van der Waals surface area (Å²) in [6.07, 6.45) is 1.22.